The van der Waals surface area contributed by atoms with Gasteiger partial charge in [0.05, 0.1) is 0 Å². The highest BCUT2D eigenvalue weighted by atomic mass is 19.1. The number of amides is 2. The molecule has 0 saturated carbocycles. The predicted molar refractivity (Wildman–Crippen MR) is 145 cm³/mol. The summed E-state index contributed by atoms with van der Waals surface area (Å²) in [5, 5.41) is 2.96. The van der Waals surface area contributed by atoms with Crippen molar-refractivity contribution < 1.29 is 18.7 Å². The summed E-state index contributed by atoms with van der Waals surface area (Å²) in [6.07, 6.45) is 0.300. The fourth-order valence-corrected chi connectivity index (χ4v) is 3.96. The normalized spacial score (nSPS) is 11.9. The highest BCUT2D eigenvalue weighted by Gasteiger charge is 2.31. The van der Waals surface area contributed by atoms with E-state index in [4.69, 9.17) is 4.74 Å². The van der Waals surface area contributed by atoms with Gasteiger partial charge in [-0.25, -0.2) is 4.39 Å². The third kappa shape index (κ3) is 8.45. The van der Waals surface area contributed by atoms with Crippen molar-refractivity contribution in [1.29, 1.82) is 0 Å². The van der Waals surface area contributed by atoms with E-state index in [1.165, 1.54) is 16.5 Å². The molecule has 0 bridgehead atoms. The fraction of sp³-hybridized carbons (Fsp3) is 0.355. The summed E-state index contributed by atoms with van der Waals surface area (Å²) in [5.74, 6) is 0.101. The quantitative estimate of drug-likeness (QED) is 0.342. The van der Waals surface area contributed by atoms with Gasteiger partial charge in [-0.15, -0.1) is 0 Å². The Bertz CT molecular complexity index is 1150. The minimum absolute atomic E-state index is 0.0479. The molecule has 0 aliphatic rings. The van der Waals surface area contributed by atoms with Crippen molar-refractivity contribution in [2.75, 3.05) is 13.2 Å². The molecule has 6 heteroatoms. The molecule has 3 rings (SSSR count). The van der Waals surface area contributed by atoms with Crippen LogP contribution in [-0.2, 0) is 22.6 Å². The number of benzene rings is 3. The molecular formula is C31H37FN2O3. The molecular weight excluding hydrogens is 467 g/mol. The molecule has 0 aliphatic heterocycles. The molecule has 0 spiro atoms. The maximum absolute atomic E-state index is 14.6. The molecule has 0 heterocycles. The van der Waals surface area contributed by atoms with E-state index in [0.717, 1.165) is 5.56 Å². The maximum atomic E-state index is 14.6. The molecule has 0 radical (unpaired) electrons. The number of hydrogen-bond acceptors (Lipinski definition) is 3. The molecule has 5 nitrogen and oxygen atoms in total. The van der Waals surface area contributed by atoms with E-state index >= 15 is 0 Å². The third-order valence-corrected chi connectivity index (χ3v) is 6.16. The number of nitrogens with one attached hydrogen (secondary N) is 1. The number of ether oxygens (including phenoxy) is 1. The zero-order chi connectivity index (χ0) is 26.8. The summed E-state index contributed by atoms with van der Waals surface area (Å²) in [6.45, 7) is 8.39. The summed E-state index contributed by atoms with van der Waals surface area (Å²) in [6, 6.07) is 22.6. The van der Waals surface area contributed by atoms with Crippen LogP contribution in [0.5, 0.6) is 5.75 Å². The standard InChI is InChI=1S/C31H37FN2O3/c1-22(2)19-33-31(36)29(18-24-10-6-5-7-11-24)34(20-26-12-8-9-13-28(26)32)30(35)21-37-27-16-14-25(15-17-27)23(3)4/h5-17,22-23,29H,18-21H2,1-4H3,(H,33,36)/t29-/m1/s1. The summed E-state index contributed by atoms with van der Waals surface area (Å²) in [7, 11) is 0. The topological polar surface area (TPSA) is 58.6 Å². The van der Waals surface area contributed by atoms with Crippen molar-refractivity contribution in [3.63, 3.8) is 0 Å². The van der Waals surface area contributed by atoms with E-state index in [9.17, 15) is 14.0 Å². The van der Waals surface area contributed by atoms with Crippen molar-refractivity contribution >= 4 is 11.8 Å². The Morgan fingerprint density at radius 2 is 1.54 bits per heavy atom. The number of halogens is 1. The van der Waals surface area contributed by atoms with E-state index in [1.807, 2.05) is 68.4 Å². The van der Waals surface area contributed by atoms with Crippen LogP contribution in [0, 0.1) is 11.7 Å². The van der Waals surface area contributed by atoms with Crippen LogP contribution < -0.4 is 10.1 Å². The molecule has 37 heavy (non-hydrogen) atoms. The number of rotatable bonds is 12. The van der Waals surface area contributed by atoms with Crippen LogP contribution in [0.2, 0.25) is 0 Å². The van der Waals surface area contributed by atoms with Gasteiger partial charge in [0.15, 0.2) is 6.61 Å². The van der Waals surface area contributed by atoms with Gasteiger partial charge in [0.1, 0.15) is 17.6 Å². The molecule has 0 aromatic heterocycles. The van der Waals surface area contributed by atoms with Crippen LogP contribution in [0.25, 0.3) is 0 Å². The van der Waals surface area contributed by atoms with E-state index in [1.54, 1.807) is 18.2 Å². The van der Waals surface area contributed by atoms with Crippen LogP contribution in [0.15, 0.2) is 78.9 Å². The van der Waals surface area contributed by atoms with Crippen molar-refractivity contribution in [3.8, 4) is 5.75 Å². The Labute approximate surface area is 219 Å². The summed E-state index contributed by atoms with van der Waals surface area (Å²) >= 11 is 0. The third-order valence-electron chi connectivity index (χ3n) is 6.16. The highest BCUT2D eigenvalue weighted by Crippen LogP contribution is 2.20. The average molecular weight is 505 g/mol. The SMILES string of the molecule is CC(C)CNC(=O)[C@@H](Cc1ccccc1)N(Cc1ccccc1F)C(=O)COc1ccc(C(C)C)cc1. The minimum Gasteiger partial charge on any atom is -0.484 e. The molecule has 1 N–H and O–H groups in total. The largest absolute Gasteiger partial charge is 0.484 e. The Hall–Kier alpha value is -3.67. The first kappa shape index (κ1) is 27.9. The van der Waals surface area contributed by atoms with Crippen molar-refractivity contribution in [1.82, 2.24) is 10.2 Å². The van der Waals surface area contributed by atoms with Crippen molar-refractivity contribution in [2.45, 2.75) is 52.6 Å². The second-order valence-corrected chi connectivity index (χ2v) is 9.97. The van der Waals surface area contributed by atoms with Crippen molar-refractivity contribution in [2.24, 2.45) is 5.92 Å². The van der Waals surface area contributed by atoms with Gasteiger partial charge in [0, 0.05) is 25.1 Å². The Balaban J connectivity index is 1.88. The molecule has 3 aromatic carbocycles. The van der Waals surface area contributed by atoms with Gasteiger partial charge in [-0.3, -0.25) is 9.59 Å². The van der Waals surface area contributed by atoms with Crippen LogP contribution in [0.1, 0.15) is 50.3 Å². The lowest BCUT2D eigenvalue weighted by Gasteiger charge is -2.31. The summed E-state index contributed by atoms with van der Waals surface area (Å²) < 4.78 is 20.5. The molecule has 0 fully saturated rings. The molecule has 0 saturated heterocycles. The molecule has 0 unspecified atom stereocenters. The van der Waals surface area contributed by atoms with Crippen LogP contribution in [0.3, 0.4) is 0 Å². The Morgan fingerprint density at radius 1 is 0.892 bits per heavy atom. The zero-order valence-electron chi connectivity index (χ0n) is 22.1. The monoisotopic (exact) mass is 504 g/mol. The molecule has 3 aromatic rings. The van der Waals surface area contributed by atoms with E-state index in [-0.39, 0.29) is 25.0 Å². The lowest BCUT2D eigenvalue weighted by Crippen LogP contribution is -2.52. The van der Waals surface area contributed by atoms with Crippen LogP contribution in [-0.4, -0.2) is 35.9 Å². The van der Waals surface area contributed by atoms with Gasteiger partial charge in [-0.1, -0.05) is 88.4 Å². The second kappa shape index (κ2) is 13.6. The van der Waals surface area contributed by atoms with Gasteiger partial charge in [0.2, 0.25) is 5.91 Å². The second-order valence-electron chi connectivity index (χ2n) is 9.97. The molecule has 0 aliphatic carbocycles. The predicted octanol–water partition coefficient (Wildman–Crippen LogP) is 5.74. The van der Waals surface area contributed by atoms with E-state index in [0.29, 0.717) is 30.2 Å². The van der Waals surface area contributed by atoms with Gasteiger partial charge >= 0.3 is 0 Å². The summed E-state index contributed by atoms with van der Waals surface area (Å²) in [5.41, 5.74) is 2.42. The lowest BCUT2D eigenvalue weighted by molar-refractivity contribution is -0.142. The summed E-state index contributed by atoms with van der Waals surface area (Å²) in [4.78, 5) is 28.4. The van der Waals surface area contributed by atoms with Gasteiger partial charge in [-0.2, -0.15) is 0 Å². The molecule has 196 valence electrons. The highest BCUT2D eigenvalue weighted by molar-refractivity contribution is 5.88. The number of nitrogens with zero attached hydrogens (tertiary/aromatic N) is 1. The maximum Gasteiger partial charge on any atom is 0.261 e. The zero-order valence-corrected chi connectivity index (χ0v) is 22.1. The Morgan fingerprint density at radius 3 is 2.16 bits per heavy atom. The van der Waals surface area contributed by atoms with Gasteiger partial charge < -0.3 is 15.0 Å². The van der Waals surface area contributed by atoms with Crippen LogP contribution >= 0.6 is 0 Å². The van der Waals surface area contributed by atoms with Gasteiger partial charge in [0.25, 0.3) is 5.91 Å². The van der Waals surface area contributed by atoms with Crippen molar-refractivity contribution in [3.05, 3.63) is 101 Å². The lowest BCUT2D eigenvalue weighted by atomic mass is 10.0. The minimum atomic E-state index is -0.833. The first-order chi connectivity index (χ1) is 17.7. The van der Waals surface area contributed by atoms with E-state index < -0.39 is 17.8 Å². The first-order valence-electron chi connectivity index (χ1n) is 12.8. The van der Waals surface area contributed by atoms with Crippen LogP contribution in [0.4, 0.5) is 4.39 Å². The fourth-order valence-electron chi connectivity index (χ4n) is 3.96. The first-order valence-corrected chi connectivity index (χ1v) is 12.8. The number of hydrogen-bond donors (Lipinski definition) is 1. The Kier molecular flexibility index (Phi) is 10.2. The average Bonchev–Trinajstić information content (AvgIpc) is 2.89. The number of carbonyl (C=O) groups is 2. The smallest absolute Gasteiger partial charge is 0.261 e. The molecule has 2 amide bonds. The van der Waals surface area contributed by atoms with E-state index in [2.05, 4.69) is 19.2 Å². The number of carbonyl (C=O) groups excluding carboxylic acids is 2. The molecule has 1 atom stereocenters. The van der Waals surface area contributed by atoms with Gasteiger partial charge in [-0.05, 0) is 41.2 Å².